The molecule has 1 aliphatic heterocycles. The number of nitrogen functional groups attached to an aromatic ring is 1. The first-order chi connectivity index (χ1) is 11.5. The topological polar surface area (TPSA) is 101 Å². The number of benzene rings is 1. The highest BCUT2D eigenvalue weighted by Crippen LogP contribution is 2.31. The van der Waals surface area contributed by atoms with Gasteiger partial charge in [-0.25, -0.2) is 4.98 Å². The van der Waals surface area contributed by atoms with Gasteiger partial charge in [0.2, 0.25) is 0 Å². The van der Waals surface area contributed by atoms with Gasteiger partial charge in [0, 0.05) is 23.1 Å². The minimum atomic E-state index is -0.712. The molecular weight excluding hydrogens is 306 g/mol. The Labute approximate surface area is 140 Å². The van der Waals surface area contributed by atoms with E-state index in [2.05, 4.69) is 9.98 Å². The standard InChI is InChI=1S/C18H21N3O3/c1-18(9-22,10-23)11-24-16-7-17(19)21-15-6-12(2-3-14(15)16)13-4-5-20-8-13/h2-7,22-23H,8-11H2,1H3,(H2,19,21). The summed E-state index contributed by atoms with van der Waals surface area (Å²) in [6.45, 7) is 2.27. The van der Waals surface area contributed by atoms with E-state index in [1.807, 2.05) is 24.3 Å². The maximum Gasteiger partial charge on any atom is 0.132 e. The van der Waals surface area contributed by atoms with Crippen LogP contribution in [0.1, 0.15) is 12.5 Å². The molecule has 1 aliphatic rings. The number of rotatable bonds is 6. The zero-order valence-electron chi connectivity index (χ0n) is 13.6. The number of anilines is 1. The second-order valence-corrected chi connectivity index (χ2v) is 6.37. The van der Waals surface area contributed by atoms with Crippen molar-refractivity contribution < 1.29 is 14.9 Å². The molecule has 0 aliphatic carbocycles. The van der Waals surface area contributed by atoms with Crippen LogP contribution in [0.2, 0.25) is 0 Å². The number of fused-ring (bicyclic) bond motifs is 1. The van der Waals surface area contributed by atoms with Gasteiger partial charge in [0.15, 0.2) is 0 Å². The number of hydrogen-bond acceptors (Lipinski definition) is 6. The van der Waals surface area contributed by atoms with Gasteiger partial charge in [0.05, 0.1) is 31.9 Å². The lowest BCUT2D eigenvalue weighted by Crippen LogP contribution is -2.33. The van der Waals surface area contributed by atoms with Crippen LogP contribution in [-0.2, 0) is 0 Å². The molecule has 0 saturated heterocycles. The van der Waals surface area contributed by atoms with Crippen LogP contribution in [0.3, 0.4) is 0 Å². The van der Waals surface area contributed by atoms with Gasteiger partial charge >= 0.3 is 0 Å². The highest BCUT2D eigenvalue weighted by molar-refractivity contribution is 5.94. The van der Waals surface area contributed by atoms with E-state index in [4.69, 9.17) is 10.5 Å². The minimum absolute atomic E-state index is 0.166. The van der Waals surface area contributed by atoms with Gasteiger partial charge in [0.25, 0.3) is 0 Å². The van der Waals surface area contributed by atoms with Gasteiger partial charge in [-0.2, -0.15) is 0 Å². The molecule has 0 bridgehead atoms. The largest absolute Gasteiger partial charge is 0.492 e. The van der Waals surface area contributed by atoms with Gasteiger partial charge in [0.1, 0.15) is 11.6 Å². The predicted octanol–water partition coefficient (Wildman–Crippen LogP) is 1.65. The van der Waals surface area contributed by atoms with Gasteiger partial charge in [-0.15, -0.1) is 0 Å². The molecule has 6 nitrogen and oxygen atoms in total. The van der Waals surface area contributed by atoms with Crippen molar-refractivity contribution in [2.24, 2.45) is 10.4 Å². The Kier molecular flexibility index (Phi) is 4.51. The Morgan fingerprint density at radius 2 is 2.04 bits per heavy atom. The Hall–Kier alpha value is -2.44. The van der Waals surface area contributed by atoms with Gasteiger partial charge in [-0.3, -0.25) is 4.99 Å². The summed E-state index contributed by atoms with van der Waals surface area (Å²) in [5, 5.41) is 19.6. The summed E-state index contributed by atoms with van der Waals surface area (Å²) in [7, 11) is 0. The quantitative estimate of drug-likeness (QED) is 0.749. The Balaban J connectivity index is 1.93. The molecule has 24 heavy (non-hydrogen) atoms. The number of aliphatic hydroxyl groups excluding tert-OH is 2. The molecule has 0 atom stereocenters. The van der Waals surface area contributed by atoms with Crippen molar-refractivity contribution in [2.75, 3.05) is 32.1 Å². The third kappa shape index (κ3) is 3.25. The Bertz CT molecular complexity index is 811. The first kappa shape index (κ1) is 16.4. The van der Waals surface area contributed by atoms with E-state index in [1.165, 1.54) is 0 Å². The second-order valence-electron chi connectivity index (χ2n) is 6.37. The molecule has 1 aromatic carbocycles. The summed E-state index contributed by atoms with van der Waals surface area (Å²) in [6, 6.07) is 7.58. The van der Waals surface area contributed by atoms with Crippen molar-refractivity contribution in [1.29, 1.82) is 0 Å². The van der Waals surface area contributed by atoms with Crippen molar-refractivity contribution in [3.05, 3.63) is 35.9 Å². The highest BCUT2D eigenvalue weighted by atomic mass is 16.5. The van der Waals surface area contributed by atoms with E-state index in [-0.39, 0.29) is 19.8 Å². The molecule has 0 fully saturated rings. The molecule has 1 aromatic heterocycles. The smallest absolute Gasteiger partial charge is 0.132 e. The van der Waals surface area contributed by atoms with Crippen LogP contribution in [-0.4, -0.2) is 47.8 Å². The van der Waals surface area contributed by atoms with Gasteiger partial charge in [-0.05, 0) is 29.3 Å². The van der Waals surface area contributed by atoms with Crippen LogP contribution in [0.5, 0.6) is 5.75 Å². The monoisotopic (exact) mass is 327 g/mol. The maximum atomic E-state index is 9.39. The van der Waals surface area contributed by atoms with E-state index in [9.17, 15) is 10.2 Å². The van der Waals surface area contributed by atoms with E-state index >= 15 is 0 Å². The number of nitrogens with zero attached hydrogens (tertiary/aromatic N) is 2. The maximum absolute atomic E-state index is 9.39. The predicted molar refractivity (Wildman–Crippen MR) is 95.3 cm³/mol. The molecule has 6 heteroatoms. The number of aliphatic hydroxyl groups is 2. The molecule has 0 spiro atoms. The van der Waals surface area contributed by atoms with Crippen LogP contribution in [0.15, 0.2) is 35.3 Å². The molecule has 0 unspecified atom stereocenters. The van der Waals surface area contributed by atoms with Crippen molar-refractivity contribution in [1.82, 2.24) is 4.98 Å². The lowest BCUT2D eigenvalue weighted by atomic mass is 9.94. The van der Waals surface area contributed by atoms with Gasteiger partial charge in [-0.1, -0.05) is 13.0 Å². The number of ether oxygens (including phenoxy) is 1. The van der Waals surface area contributed by atoms with Crippen LogP contribution < -0.4 is 10.5 Å². The highest BCUT2D eigenvalue weighted by Gasteiger charge is 2.24. The first-order valence-electron chi connectivity index (χ1n) is 7.79. The summed E-state index contributed by atoms with van der Waals surface area (Å²) in [6.07, 6.45) is 3.78. The zero-order valence-corrected chi connectivity index (χ0v) is 13.6. The van der Waals surface area contributed by atoms with Crippen molar-refractivity contribution >= 4 is 28.5 Å². The average Bonchev–Trinajstić information content (AvgIpc) is 3.13. The van der Waals surface area contributed by atoms with E-state index in [0.29, 0.717) is 18.1 Å². The van der Waals surface area contributed by atoms with E-state index < -0.39 is 5.41 Å². The van der Waals surface area contributed by atoms with E-state index in [1.54, 1.807) is 19.2 Å². The number of aliphatic imine (C=N–C) groups is 1. The molecular formula is C18H21N3O3. The number of allylic oxidation sites excluding steroid dienone is 1. The van der Waals surface area contributed by atoms with Crippen LogP contribution in [0.4, 0.5) is 5.82 Å². The zero-order chi connectivity index (χ0) is 17.2. The SMILES string of the molecule is CC(CO)(CO)COc1cc(N)nc2cc(C3=CC=NC3)ccc12. The van der Waals surface area contributed by atoms with Crippen LogP contribution >= 0.6 is 0 Å². The fourth-order valence-corrected chi connectivity index (χ4v) is 2.46. The van der Waals surface area contributed by atoms with E-state index in [0.717, 1.165) is 22.0 Å². The molecule has 4 N–H and O–H groups in total. The molecule has 2 aromatic rings. The third-order valence-corrected chi connectivity index (χ3v) is 4.14. The van der Waals surface area contributed by atoms with Gasteiger partial charge < -0.3 is 20.7 Å². The number of aromatic nitrogens is 1. The minimum Gasteiger partial charge on any atom is -0.492 e. The van der Waals surface area contributed by atoms with Crippen molar-refractivity contribution in [3.63, 3.8) is 0 Å². The Morgan fingerprint density at radius 3 is 2.71 bits per heavy atom. The van der Waals surface area contributed by atoms with Crippen molar-refractivity contribution in [2.45, 2.75) is 6.92 Å². The fourth-order valence-electron chi connectivity index (χ4n) is 2.46. The molecule has 0 radical (unpaired) electrons. The number of hydrogen-bond donors (Lipinski definition) is 3. The molecule has 126 valence electrons. The summed E-state index contributed by atoms with van der Waals surface area (Å²) >= 11 is 0. The fraction of sp³-hybridized carbons (Fsp3) is 0.333. The average molecular weight is 327 g/mol. The first-order valence-corrected chi connectivity index (χ1v) is 7.79. The number of pyridine rings is 1. The summed E-state index contributed by atoms with van der Waals surface area (Å²) in [4.78, 5) is 8.58. The molecule has 3 rings (SSSR count). The molecule has 0 saturated carbocycles. The van der Waals surface area contributed by atoms with Crippen LogP contribution in [0.25, 0.3) is 16.5 Å². The normalized spacial score (nSPS) is 14.2. The lowest BCUT2D eigenvalue weighted by Gasteiger charge is -2.25. The molecule has 0 amide bonds. The Morgan fingerprint density at radius 1 is 1.25 bits per heavy atom. The summed E-state index contributed by atoms with van der Waals surface area (Å²) in [5.41, 5.74) is 8.12. The number of nitrogens with two attached hydrogens (primary N) is 1. The lowest BCUT2D eigenvalue weighted by molar-refractivity contribution is 0.0292. The molecule has 2 heterocycles. The van der Waals surface area contributed by atoms with Crippen molar-refractivity contribution in [3.8, 4) is 5.75 Å². The second kappa shape index (κ2) is 6.59. The van der Waals surface area contributed by atoms with Crippen LogP contribution in [0, 0.1) is 5.41 Å². The summed E-state index contributed by atoms with van der Waals surface area (Å²) < 4.78 is 5.83. The third-order valence-electron chi connectivity index (χ3n) is 4.14. The summed E-state index contributed by atoms with van der Waals surface area (Å²) in [5.74, 6) is 0.954.